The van der Waals surface area contributed by atoms with E-state index in [1.165, 1.54) is 57.8 Å². The van der Waals surface area contributed by atoms with Crippen LogP contribution in [0.5, 0.6) is 0 Å². The number of hydrogen-bond acceptors (Lipinski definition) is 1. The molecule has 0 amide bonds. The standard InChI is InChI=1S/C15H32ClN/c1-5-6-7-8-9-10-11-12-13-14(2)15(3,4)17-16/h14,17H,5-13H2,1-4H3. The summed E-state index contributed by atoms with van der Waals surface area (Å²) in [6, 6.07) is 0. The van der Waals surface area contributed by atoms with Crippen molar-refractivity contribution in [1.29, 1.82) is 0 Å². The van der Waals surface area contributed by atoms with Gasteiger partial charge in [-0.3, -0.25) is 0 Å². The molecule has 0 aromatic heterocycles. The fraction of sp³-hybridized carbons (Fsp3) is 1.00. The summed E-state index contributed by atoms with van der Waals surface area (Å²) < 4.78 is 0. The molecule has 0 aromatic rings. The van der Waals surface area contributed by atoms with Crippen LogP contribution in [0.2, 0.25) is 0 Å². The molecule has 0 spiro atoms. The van der Waals surface area contributed by atoms with Gasteiger partial charge in [-0.25, -0.2) is 4.84 Å². The predicted molar refractivity (Wildman–Crippen MR) is 79.5 cm³/mol. The minimum Gasteiger partial charge on any atom is -0.228 e. The molecule has 1 N–H and O–H groups in total. The third kappa shape index (κ3) is 8.90. The average molecular weight is 262 g/mol. The van der Waals surface area contributed by atoms with E-state index in [-0.39, 0.29) is 5.54 Å². The number of nitrogens with one attached hydrogen (secondary N) is 1. The van der Waals surface area contributed by atoms with Crippen molar-refractivity contribution in [2.45, 2.75) is 91.0 Å². The van der Waals surface area contributed by atoms with Crippen LogP contribution in [0.3, 0.4) is 0 Å². The van der Waals surface area contributed by atoms with Gasteiger partial charge in [-0.15, -0.1) is 0 Å². The van der Waals surface area contributed by atoms with Gasteiger partial charge in [0.05, 0.1) is 0 Å². The molecule has 0 fully saturated rings. The van der Waals surface area contributed by atoms with Crippen LogP contribution in [0.25, 0.3) is 0 Å². The summed E-state index contributed by atoms with van der Waals surface area (Å²) in [6.45, 7) is 8.91. The Labute approximate surface area is 114 Å². The quantitative estimate of drug-likeness (QED) is 0.373. The molecule has 1 atom stereocenters. The van der Waals surface area contributed by atoms with Gasteiger partial charge < -0.3 is 0 Å². The van der Waals surface area contributed by atoms with E-state index < -0.39 is 0 Å². The van der Waals surface area contributed by atoms with E-state index in [9.17, 15) is 0 Å². The van der Waals surface area contributed by atoms with Crippen molar-refractivity contribution in [2.75, 3.05) is 0 Å². The first-order chi connectivity index (χ1) is 8.04. The Bertz CT molecular complexity index is 168. The molecule has 1 nitrogen and oxygen atoms in total. The van der Waals surface area contributed by atoms with Crippen molar-refractivity contribution in [3.63, 3.8) is 0 Å². The first-order valence-corrected chi connectivity index (χ1v) is 7.80. The van der Waals surface area contributed by atoms with Gasteiger partial charge in [0, 0.05) is 5.54 Å². The second kappa shape index (κ2) is 10.2. The minimum atomic E-state index is 0.0582. The van der Waals surface area contributed by atoms with Crippen LogP contribution < -0.4 is 4.84 Å². The summed E-state index contributed by atoms with van der Waals surface area (Å²) in [6.07, 6.45) is 12.4. The van der Waals surface area contributed by atoms with E-state index in [2.05, 4.69) is 32.5 Å². The Kier molecular flexibility index (Phi) is 10.3. The number of rotatable bonds is 11. The summed E-state index contributed by atoms with van der Waals surface area (Å²) in [5, 5.41) is 0. The zero-order chi connectivity index (χ0) is 13.1. The highest BCUT2D eigenvalue weighted by Crippen LogP contribution is 2.23. The number of unbranched alkanes of at least 4 members (excludes halogenated alkanes) is 7. The van der Waals surface area contributed by atoms with Crippen LogP contribution in [-0.4, -0.2) is 5.54 Å². The van der Waals surface area contributed by atoms with E-state index in [1.54, 1.807) is 0 Å². The summed E-state index contributed by atoms with van der Waals surface area (Å²) >= 11 is 5.75. The molecular weight excluding hydrogens is 230 g/mol. The molecule has 0 heterocycles. The SMILES string of the molecule is CCCCCCCCCCC(C)C(C)(C)NCl. The van der Waals surface area contributed by atoms with Gasteiger partial charge in [0.1, 0.15) is 0 Å². The van der Waals surface area contributed by atoms with Crippen LogP contribution in [-0.2, 0) is 0 Å². The molecule has 1 unspecified atom stereocenters. The minimum absolute atomic E-state index is 0.0582. The molecule has 0 saturated heterocycles. The third-order valence-corrected chi connectivity index (χ3v) is 4.45. The highest BCUT2D eigenvalue weighted by Gasteiger charge is 2.23. The molecule has 17 heavy (non-hydrogen) atoms. The molecule has 0 bridgehead atoms. The topological polar surface area (TPSA) is 12.0 Å². The van der Waals surface area contributed by atoms with Crippen molar-refractivity contribution >= 4 is 11.8 Å². The Morgan fingerprint density at radius 3 is 1.88 bits per heavy atom. The molecule has 0 rings (SSSR count). The average Bonchev–Trinajstić information content (AvgIpc) is 2.32. The maximum Gasteiger partial charge on any atom is 0.0301 e. The monoisotopic (exact) mass is 261 g/mol. The maximum absolute atomic E-state index is 5.75. The molecule has 2 heteroatoms. The molecule has 0 aliphatic heterocycles. The van der Waals surface area contributed by atoms with Gasteiger partial charge >= 0.3 is 0 Å². The van der Waals surface area contributed by atoms with E-state index in [0.29, 0.717) is 5.92 Å². The third-order valence-electron chi connectivity index (χ3n) is 3.97. The van der Waals surface area contributed by atoms with Crippen LogP contribution >= 0.6 is 11.8 Å². The first kappa shape index (κ1) is 17.2. The van der Waals surface area contributed by atoms with Gasteiger partial charge in [-0.2, -0.15) is 0 Å². The summed E-state index contributed by atoms with van der Waals surface area (Å²) in [4.78, 5) is 2.89. The fourth-order valence-electron chi connectivity index (χ4n) is 2.04. The molecular formula is C15H32ClN. The number of hydrogen-bond donors (Lipinski definition) is 1. The second-order valence-corrected chi connectivity index (χ2v) is 6.17. The summed E-state index contributed by atoms with van der Waals surface area (Å²) in [7, 11) is 0. The zero-order valence-electron chi connectivity index (χ0n) is 12.3. The van der Waals surface area contributed by atoms with Crippen LogP contribution in [0, 0.1) is 5.92 Å². The summed E-state index contributed by atoms with van der Waals surface area (Å²) in [5.74, 6) is 0.639. The van der Waals surface area contributed by atoms with E-state index in [4.69, 9.17) is 11.8 Å². The summed E-state index contributed by atoms with van der Waals surface area (Å²) in [5.41, 5.74) is 0.0582. The van der Waals surface area contributed by atoms with Crippen molar-refractivity contribution in [3.8, 4) is 0 Å². The molecule has 0 aliphatic rings. The van der Waals surface area contributed by atoms with E-state index >= 15 is 0 Å². The fourth-order valence-corrected chi connectivity index (χ4v) is 2.22. The van der Waals surface area contributed by atoms with Crippen molar-refractivity contribution in [2.24, 2.45) is 5.92 Å². The normalized spacial score (nSPS) is 13.9. The van der Waals surface area contributed by atoms with E-state index in [0.717, 1.165) is 0 Å². The van der Waals surface area contributed by atoms with Gasteiger partial charge in [-0.1, -0.05) is 65.2 Å². The highest BCUT2D eigenvalue weighted by molar-refractivity contribution is 6.13. The largest absolute Gasteiger partial charge is 0.228 e. The zero-order valence-corrected chi connectivity index (χ0v) is 13.1. The van der Waals surface area contributed by atoms with Crippen molar-refractivity contribution < 1.29 is 0 Å². The highest BCUT2D eigenvalue weighted by atomic mass is 35.5. The predicted octanol–water partition coefficient (Wildman–Crippen LogP) is 5.68. The van der Waals surface area contributed by atoms with Crippen LogP contribution in [0.15, 0.2) is 0 Å². The lowest BCUT2D eigenvalue weighted by molar-refractivity contribution is 0.293. The Morgan fingerprint density at radius 1 is 0.941 bits per heavy atom. The maximum atomic E-state index is 5.75. The van der Waals surface area contributed by atoms with Gasteiger partial charge in [0.2, 0.25) is 0 Å². The van der Waals surface area contributed by atoms with Gasteiger partial charge in [0.25, 0.3) is 0 Å². The van der Waals surface area contributed by atoms with Crippen molar-refractivity contribution in [3.05, 3.63) is 0 Å². The van der Waals surface area contributed by atoms with Crippen LogP contribution in [0.4, 0.5) is 0 Å². The molecule has 104 valence electrons. The van der Waals surface area contributed by atoms with E-state index in [1.807, 2.05) is 0 Å². The smallest absolute Gasteiger partial charge is 0.0301 e. The first-order valence-electron chi connectivity index (χ1n) is 7.42. The van der Waals surface area contributed by atoms with Crippen molar-refractivity contribution in [1.82, 2.24) is 4.84 Å². The Morgan fingerprint density at radius 2 is 1.41 bits per heavy atom. The Hall–Kier alpha value is 0.250. The Balaban J connectivity index is 3.34. The van der Waals surface area contributed by atoms with Crippen LogP contribution in [0.1, 0.15) is 85.5 Å². The molecule has 0 aromatic carbocycles. The molecule has 0 saturated carbocycles. The lowest BCUT2D eigenvalue weighted by Gasteiger charge is -2.30. The molecule has 0 radical (unpaired) electrons. The lowest BCUT2D eigenvalue weighted by atomic mass is 9.86. The van der Waals surface area contributed by atoms with Gasteiger partial charge in [0.15, 0.2) is 0 Å². The van der Waals surface area contributed by atoms with Gasteiger partial charge in [-0.05, 0) is 38.0 Å². The molecule has 0 aliphatic carbocycles. The second-order valence-electron chi connectivity index (χ2n) is 5.98. The number of halogens is 1. The lowest BCUT2D eigenvalue weighted by Crippen LogP contribution is -2.39.